The number of benzene rings is 3. The van der Waals surface area contributed by atoms with Gasteiger partial charge in [-0.1, -0.05) is 60.2 Å². The number of aromatic nitrogens is 1. The van der Waals surface area contributed by atoms with Crippen molar-refractivity contribution in [1.82, 2.24) is 9.99 Å². The van der Waals surface area contributed by atoms with Crippen molar-refractivity contribution in [3.8, 4) is 0 Å². The molecule has 1 aromatic heterocycles. The number of hydrogen-bond donors (Lipinski definition) is 1. The lowest BCUT2D eigenvalue weighted by Gasteiger charge is -2.08. The number of carbonyl (C=O) groups excluding carboxylic acids is 1. The number of hydrazone groups is 1. The first-order valence-electron chi connectivity index (χ1n) is 9.64. The Balaban J connectivity index is 1.58. The fourth-order valence-electron chi connectivity index (χ4n) is 3.49. The quantitative estimate of drug-likeness (QED) is 0.381. The fourth-order valence-corrected chi connectivity index (χ4v) is 3.49. The summed E-state index contributed by atoms with van der Waals surface area (Å²) in [6.45, 7) is 4.88. The second-order valence-corrected chi connectivity index (χ2v) is 7.22. The Labute approximate surface area is 170 Å². The number of carbonyl (C=O) groups is 1. The Bertz CT molecular complexity index is 1200. The molecule has 144 valence electrons. The summed E-state index contributed by atoms with van der Waals surface area (Å²) >= 11 is 0. The summed E-state index contributed by atoms with van der Waals surface area (Å²) in [5, 5.41) is 5.30. The summed E-state index contributed by atoms with van der Waals surface area (Å²) in [7, 11) is 0. The minimum absolute atomic E-state index is 0.214. The number of fused-ring (bicyclic) bond motifs is 1. The van der Waals surface area contributed by atoms with E-state index in [9.17, 15) is 4.79 Å². The number of rotatable bonds is 5. The van der Waals surface area contributed by atoms with Gasteiger partial charge in [0.2, 0.25) is 0 Å². The summed E-state index contributed by atoms with van der Waals surface area (Å²) in [6.07, 6.45) is 3.80. The van der Waals surface area contributed by atoms with Crippen LogP contribution >= 0.6 is 0 Å². The molecule has 1 heterocycles. The smallest absolute Gasteiger partial charge is 0.271 e. The molecule has 4 aromatic rings. The van der Waals surface area contributed by atoms with E-state index in [0.717, 1.165) is 28.6 Å². The van der Waals surface area contributed by atoms with Crippen LogP contribution in [-0.4, -0.2) is 16.7 Å². The summed E-state index contributed by atoms with van der Waals surface area (Å²) < 4.78 is 2.22. The van der Waals surface area contributed by atoms with Crippen LogP contribution in [0.5, 0.6) is 0 Å². The molecular weight excluding hydrogens is 358 g/mol. The third-order valence-electron chi connectivity index (χ3n) is 5.07. The maximum atomic E-state index is 12.3. The van der Waals surface area contributed by atoms with Crippen LogP contribution in [0.15, 0.2) is 84.1 Å². The number of para-hydroxylation sites is 1. The first-order valence-corrected chi connectivity index (χ1v) is 9.64. The molecule has 1 amide bonds. The van der Waals surface area contributed by atoms with Gasteiger partial charge in [0.25, 0.3) is 5.91 Å². The van der Waals surface area contributed by atoms with Crippen LogP contribution in [0.25, 0.3) is 10.9 Å². The van der Waals surface area contributed by atoms with Gasteiger partial charge in [-0.3, -0.25) is 4.79 Å². The normalized spacial score (nSPS) is 11.2. The summed E-state index contributed by atoms with van der Waals surface area (Å²) in [5.41, 5.74) is 8.94. The van der Waals surface area contributed by atoms with Gasteiger partial charge >= 0.3 is 0 Å². The van der Waals surface area contributed by atoms with Crippen molar-refractivity contribution in [2.24, 2.45) is 5.10 Å². The van der Waals surface area contributed by atoms with Crippen LogP contribution in [0, 0.1) is 13.8 Å². The van der Waals surface area contributed by atoms with Crippen molar-refractivity contribution in [2.45, 2.75) is 20.4 Å². The monoisotopic (exact) mass is 381 g/mol. The Kier molecular flexibility index (Phi) is 5.25. The van der Waals surface area contributed by atoms with Crippen LogP contribution in [0.2, 0.25) is 0 Å². The second kappa shape index (κ2) is 8.15. The van der Waals surface area contributed by atoms with Crippen molar-refractivity contribution < 1.29 is 4.79 Å². The molecule has 4 nitrogen and oxygen atoms in total. The molecule has 0 aliphatic carbocycles. The zero-order chi connectivity index (χ0) is 20.2. The van der Waals surface area contributed by atoms with E-state index in [0.29, 0.717) is 5.56 Å². The highest BCUT2D eigenvalue weighted by Crippen LogP contribution is 2.22. The standard InChI is InChI=1S/C25H23N3O/c1-18-8-7-11-20(14-18)25(29)27-26-15-22-17-28(24-13-6-5-12-23(22)24)16-21-10-4-3-9-19(21)2/h3-15,17H,16H2,1-2H3,(H,27,29)/b26-15-. The molecule has 0 saturated carbocycles. The highest BCUT2D eigenvalue weighted by atomic mass is 16.2. The Hall–Kier alpha value is -3.66. The molecule has 0 unspecified atom stereocenters. The number of hydrogen-bond acceptors (Lipinski definition) is 2. The van der Waals surface area contributed by atoms with Crippen LogP contribution in [0.3, 0.4) is 0 Å². The lowest BCUT2D eigenvalue weighted by molar-refractivity contribution is 0.0955. The van der Waals surface area contributed by atoms with Gasteiger partial charge in [-0.2, -0.15) is 5.10 Å². The number of amides is 1. The van der Waals surface area contributed by atoms with Gasteiger partial charge in [-0.25, -0.2) is 5.43 Å². The lowest BCUT2D eigenvalue weighted by atomic mass is 10.1. The van der Waals surface area contributed by atoms with Crippen LogP contribution < -0.4 is 5.43 Å². The average molecular weight is 381 g/mol. The van der Waals surface area contributed by atoms with Gasteiger partial charge in [0.05, 0.1) is 6.21 Å². The molecule has 0 bridgehead atoms. The Morgan fingerprint density at radius 2 is 1.79 bits per heavy atom. The van der Waals surface area contributed by atoms with Crippen molar-refractivity contribution in [3.05, 3.63) is 107 Å². The van der Waals surface area contributed by atoms with Gasteiger partial charge < -0.3 is 4.57 Å². The van der Waals surface area contributed by atoms with Gasteiger partial charge in [0, 0.05) is 34.8 Å². The molecule has 0 atom stereocenters. The zero-order valence-electron chi connectivity index (χ0n) is 16.6. The SMILES string of the molecule is Cc1cccc(C(=O)N/N=C\c2cn(Cc3ccccc3C)c3ccccc23)c1. The van der Waals surface area contributed by atoms with E-state index in [4.69, 9.17) is 0 Å². The highest BCUT2D eigenvalue weighted by molar-refractivity contribution is 6.00. The molecule has 29 heavy (non-hydrogen) atoms. The third-order valence-corrected chi connectivity index (χ3v) is 5.07. The largest absolute Gasteiger partial charge is 0.342 e. The molecule has 0 radical (unpaired) electrons. The van der Waals surface area contributed by atoms with Crippen LogP contribution in [0.4, 0.5) is 0 Å². The molecule has 3 aromatic carbocycles. The van der Waals surface area contributed by atoms with Crippen molar-refractivity contribution in [1.29, 1.82) is 0 Å². The minimum Gasteiger partial charge on any atom is -0.342 e. The number of nitrogens with zero attached hydrogens (tertiary/aromatic N) is 2. The van der Waals surface area contributed by atoms with Gasteiger partial charge in [0.15, 0.2) is 0 Å². The highest BCUT2D eigenvalue weighted by Gasteiger charge is 2.09. The molecule has 4 heteroatoms. The summed E-state index contributed by atoms with van der Waals surface area (Å²) in [5.74, 6) is -0.214. The van der Waals surface area contributed by atoms with Gasteiger partial charge in [0.1, 0.15) is 0 Å². The third kappa shape index (κ3) is 4.11. The van der Waals surface area contributed by atoms with Crippen molar-refractivity contribution in [2.75, 3.05) is 0 Å². The first kappa shape index (κ1) is 18.7. The topological polar surface area (TPSA) is 46.4 Å². The van der Waals surface area contributed by atoms with E-state index in [-0.39, 0.29) is 5.91 Å². The van der Waals surface area contributed by atoms with E-state index < -0.39 is 0 Å². The molecule has 4 rings (SSSR count). The van der Waals surface area contributed by atoms with Gasteiger partial charge in [-0.15, -0.1) is 0 Å². The van der Waals surface area contributed by atoms with Gasteiger partial charge in [-0.05, 0) is 43.2 Å². The Morgan fingerprint density at radius 3 is 2.62 bits per heavy atom. The Morgan fingerprint density at radius 1 is 1.00 bits per heavy atom. The van der Waals surface area contributed by atoms with E-state index in [2.05, 4.69) is 64.6 Å². The molecule has 0 saturated heterocycles. The van der Waals surface area contributed by atoms with Crippen LogP contribution in [0.1, 0.15) is 32.6 Å². The van der Waals surface area contributed by atoms with E-state index >= 15 is 0 Å². The predicted octanol–water partition coefficient (Wildman–Crippen LogP) is 5.07. The van der Waals surface area contributed by atoms with E-state index in [1.54, 1.807) is 12.3 Å². The molecular formula is C25H23N3O. The molecule has 0 aliphatic heterocycles. The first-order chi connectivity index (χ1) is 14.1. The molecule has 1 N–H and O–H groups in total. The maximum absolute atomic E-state index is 12.3. The fraction of sp³-hybridized carbons (Fsp3) is 0.120. The van der Waals surface area contributed by atoms with Crippen molar-refractivity contribution in [3.63, 3.8) is 0 Å². The zero-order valence-corrected chi connectivity index (χ0v) is 16.6. The molecule has 0 fully saturated rings. The predicted molar refractivity (Wildman–Crippen MR) is 118 cm³/mol. The second-order valence-electron chi connectivity index (χ2n) is 7.22. The van der Waals surface area contributed by atoms with Crippen LogP contribution in [-0.2, 0) is 6.54 Å². The summed E-state index contributed by atoms with van der Waals surface area (Å²) in [4.78, 5) is 12.3. The van der Waals surface area contributed by atoms with E-state index in [1.807, 2.05) is 37.3 Å². The maximum Gasteiger partial charge on any atom is 0.271 e. The van der Waals surface area contributed by atoms with Crippen molar-refractivity contribution >= 4 is 23.0 Å². The average Bonchev–Trinajstić information content (AvgIpc) is 3.07. The summed E-state index contributed by atoms with van der Waals surface area (Å²) in [6, 6.07) is 24.1. The minimum atomic E-state index is -0.214. The number of aryl methyl sites for hydroxylation is 2. The molecule has 0 spiro atoms. The molecule has 0 aliphatic rings. The van der Waals surface area contributed by atoms with E-state index in [1.165, 1.54) is 11.1 Å². The number of nitrogens with one attached hydrogen (secondary N) is 1. The lowest BCUT2D eigenvalue weighted by Crippen LogP contribution is -2.17.